The molecule has 2 heteroatoms. The molecular weight excluding hydrogens is 296 g/mol. The summed E-state index contributed by atoms with van der Waals surface area (Å²) in [6.07, 6.45) is 6.43. The lowest BCUT2D eigenvalue weighted by Gasteiger charge is -2.18. The number of ether oxygens (including phenoxy) is 1. The molecule has 0 radical (unpaired) electrons. The van der Waals surface area contributed by atoms with Crippen LogP contribution in [0.2, 0.25) is 0 Å². The Kier molecular flexibility index (Phi) is 5.14. The Balaban J connectivity index is 1.72. The number of rotatable bonds is 4. The van der Waals surface area contributed by atoms with Crippen molar-refractivity contribution >= 4 is 11.5 Å². The third-order valence-electron chi connectivity index (χ3n) is 4.64. The minimum absolute atomic E-state index is 0.206. The molecule has 0 amide bonds. The van der Waals surface area contributed by atoms with Crippen LogP contribution in [0, 0.1) is 5.92 Å². The van der Waals surface area contributed by atoms with Crippen LogP contribution in [0.5, 0.6) is 5.75 Å². The molecule has 0 heterocycles. The summed E-state index contributed by atoms with van der Waals surface area (Å²) in [5.74, 6) is 1.21. The molecule has 0 saturated carbocycles. The molecule has 0 bridgehead atoms. The predicted octanol–water partition coefficient (Wildman–Crippen LogP) is 5.87. The van der Waals surface area contributed by atoms with Crippen molar-refractivity contribution in [2.24, 2.45) is 5.92 Å². The summed E-state index contributed by atoms with van der Waals surface area (Å²) in [7, 11) is 0. The molecule has 24 heavy (non-hydrogen) atoms. The monoisotopic (exact) mass is 320 g/mol. The number of hydrogen-bond acceptors (Lipinski definition) is 2. The van der Waals surface area contributed by atoms with Gasteiger partial charge in [0.25, 0.3) is 0 Å². The maximum absolute atomic E-state index is 11.3. The van der Waals surface area contributed by atoms with E-state index in [2.05, 4.69) is 37.3 Å². The van der Waals surface area contributed by atoms with Gasteiger partial charge in [-0.15, -0.1) is 0 Å². The Bertz CT molecular complexity index is 724. The van der Waals surface area contributed by atoms with E-state index in [0.29, 0.717) is 12.2 Å². The van der Waals surface area contributed by atoms with Gasteiger partial charge in [-0.2, -0.15) is 0 Å². The van der Waals surface area contributed by atoms with Gasteiger partial charge >= 0.3 is 5.97 Å². The predicted molar refractivity (Wildman–Crippen MR) is 98.8 cm³/mol. The van der Waals surface area contributed by atoms with Crippen molar-refractivity contribution in [3.63, 3.8) is 0 Å². The third-order valence-corrected chi connectivity index (χ3v) is 4.64. The lowest BCUT2D eigenvalue weighted by atomic mass is 9.87. The molecule has 0 saturated heterocycles. The Hall–Kier alpha value is -2.35. The fourth-order valence-electron chi connectivity index (χ4n) is 3.02. The van der Waals surface area contributed by atoms with Gasteiger partial charge in [0.2, 0.25) is 0 Å². The van der Waals surface area contributed by atoms with E-state index in [1.165, 1.54) is 36.0 Å². The van der Waals surface area contributed by atoms with E-state index < -0.39 is 0 Å². The molecule has 124 valence electrons. The SMILES string of the molecule is CCC(=O)Oc1ccc(-c2ccc(C3=CCC(C)CC3)cc2)cc1. The smallest absolute Gasteiger partial charge is 0.310 e. The highest BCUT2D eigenvalue weighted by atomic mass is 16.5. The van der Waals surface area contributed by atoms with Crippen molar-refractivity contribution < 1.29 is 9.53 Å². The van der Waals surface area contributed by atoms with Crippen LogP contribution in [0.25, 0.3) is 16.7 Å². The number of allylic oxidation sites excluding steroid dienone is 2. The summed E-state index contributed by atoms with van der Waals surface area (Å²) >= 11 is 0. The Morgan fingerprint density at radius 3 is 2.12 bits per heavy atom. The molecule has 3 rings (SSSR count). The molecule has 0 fully saturated rings. The Labute approximate surface area is 144 Å². The molecule has 2 aromatic rings. The summed E-state index contributed by atoms with van der Waals surface area (Å²) in [5.41, 5.74) is 5.11. The first-order chi connectivity index (χ1) is 11.7. The molecule has 2 aromatic carbocycles. The van der Waals surface area contributed by atoms with Crippen LogP contribution in [0.15, 0.2) is 54.6 Å². The number of carbonyl (C=O) groups excluding carboxylic acids is 1. The van der Waals surface area contributed by atoms with Crippen molar-refractivity contribution in [2.75, 3.05) is 0 Å². The first-order valence-electron chi connectivity index (χ1n) is 8.76. The van der Waals surface area contributed by atoms with Crippen LogP contribution < -0.4 is 4.74 Å². The maximum atomic E-state index is 11.3. The molecule has 1 unspecified atom stereocenters. The maximum Gasteiger partial charge on any atom is 0.310 e. The fourth-order valence-corrected chi connectivity index (χ4v) is 3.02. The zero-order valence-corrected chi connectivity index (χ0v) is 14.4. The van der Waals surface area contributed by atoms with Gasteiger partial charge in [-0.25, -0.2) is 0 Å². The largest absolute Gasteiger partial charge is 0.427 e. The lowest BCUT2D eigenvalue weighted by molar-refractivity contribution is -0.134. The second-order valence-electron chi connectivity index (χ2n) is 6.54. The lowest BCUT2D eigenvalue weighted by Crippen LogP contribution is -2.05. The molecule has 2 nitrogen and oxygen atoms in total. The first-order valence-corrected chi connectivity index (χ1v) is 8.76. The molecule has 0 aromatic heterocycles. The van der Waals surface area contributed by atoms with Crippen LogP contribution >= 0.6 is 0 Å². The summed E-state index contributed by atoms with van der Waals surface area (Å²) < 4.78 is 5.22. The van der Waals surface area contributed by atoms with Crippen LogP contribution in [0.4, 0.5) is 0 Å². The van der Waals surface area contributed by atoms with Crippen molar-refractivity contribution in [2.45, 2.75) is 39.5 Å². The Morgan fingerprint density at radius 2 is 1.58 bits per heavy atom. The van der Waals surface area contributed by atoms with Gasteiger partial charge in [-0.3, -0.25) is 4.79 Å². The second kappa shape index (κ2) is 7.48. The van der Waals surface area contributed by atoms with Crippen molar-refractivity contribution in [3.05, 3.63) is 60.2 Å². The van der Waals surface area contributed by atoms with E-state index in [9.17, 15) is 4.79 Å². The summed E-state index contributed by atoms with van der Waals surface area (Å²) in [6.45, 7) is 4.11. The molecule has 1 aliphatic carbocycles. The number of carbonyl (C=O) groups is 1. The van der Waals surface area contributed by atoms with Gasteiger partial charge in [0.1, 0.15) is 5.75 Å². The number of esters is 1. The van der Waals surface area contributed by atoms with Gasteiger partial charge in [0.05, 0.1) is 0 Å². The quantitative estimate of drug-likeness (QED) is 0.520. The topological polar surface area (TPSA) is 26.3 Å². The average molecular weight is 320 g/mol. The Morgan fingerprint density at radius 1 is 1.00 bits per heavy atom. The summed E-state index contributed by atoms with van der Waals surface area (Å²) in [6, 6.07) is 16.4. The normalized spacial score (nSPS) is 17.2. The van der Waals surface area contributed by atoms with Gasteiger partial charge < -0.3 is 4.74 Å². The minimum Gasteiger partial charge on any atom is -0.427 e. The third kappa shape index (κ3) is 3.94. The van der Waals surface area contributed by atoms with Crippen LogP contribution in [-0.2, 0) is 4.79 Å². The second-order valence-corrected chi connectivity index (χ2v) is 6.54. The fraction of sp³-hybridized carbons (Fsp3) is 0.318. The summed E-state index contributed by atoms with van der Waals surface area (Å²) in [5, 5.41) is 0. The van der Waals surface area contributed by atoms with Crippen LogP contribution in [0.1, 0.15) is 45.1 Å². The molecule has 0 spiro atoms. The molecule has 1 aliphatic rings. The molecule has 1 atom stereocenters. The molecular formula is C22H24O2. The van der Waals surface area contributed by atoms with E-state index in [1.807, 2.05) is 24.3 Å². The summed E-state index contributed by atoms with van der Waals surface area (Å²) in [4.78, 5) is 11.3. The zero-order valence-electron chi connectivity index (χ0n) is 14.4. The highest BCUT2D eigenvalue weighted by molar-refractivity contribution is 5.73. The van der Waals surface area contributed by atoms with Gasteiger partial charge in [-0.05, 0) is 59.6 Å². The standard InChI is InChI=1S/C22H24O2/c1-3-22(23)24-21-14-12-20(13-15-21)19-10-8-18(9-11-19)17-6-4-16(2)5-7-17/h6,8-16H,3-5,7H2,1-2H3. The van der Waals surface area contributed by atoms with Gasteiger partial charge in [0, 0.05) is 6.42 Å². The van der Waals surface area contributed by atoms with E-state index in [-0.39, 0.29) is 5.97 Å². The van der Waals surface area contributed by atoms with E-state index in [4.69, 9.17) is 4.74 Å². The molecule has 0 aliphatic heterocycles. The van der Waals surface area contributed by atoms with Crippen molar-refractivity contribution in [1.82, 2.24) is 0 Å². The van der Waals surface area contributed by atoms with Crippen molar-refractivity contribution in [3.8, 4) is 16.9 Å². The molecule has 0 N–H and O–H groups in total. The van der Waals surface area contributed by atoms with Crippen molar-refractivity contribution in [1.29, 1.82) is 0 Å². The van der Waals surface area contributed by atoms with Crippen LogP contribution in [0.3, 0.4) is 0 Å². The van der Waals surface area contributed by atoms with E-state index in [1.54, 1.807) is 6.92 Å². The zero-order chi connectivity index (χ0) is 16.9. The highest BCUT2D eigenvalue weighted by Crippen LogP contribution is 2.31. The van der Waals surface area contributed by atoms with Crippen LogP contribution in [-0.4, -0.2) is 5.97 Å². The average Bonchev–Trinajstić information content (AvgIpc) is 2.63. The van der Waals surface area contributed by atoms with E-state index >= 15 is 0 Å². The van der Waals surface area contributed by atoms with Gasteiger partial charge in [0.15, 0.2) is 0 Å². The number of hydrogen-bond donors (Lipinski definition) is 0. The number of benzene rings is 2. The van der Waals surface area contributed by atoms with Gasteiger partial charge in [-0.1, -0.05) is 56.3 Å². The highest BCUT2D eigenvalue weighted by Gasteiger charge is 2.11. The minimum atomic E-state index is -0.206. The first kappa shape index (κ1) is 16.5. The van der Waals surface area contributed by atoms with E-state index in [0.717, 1.165) is 11.5 Å².